The maximum absolute atomic E-state index is 12.1. The Labute approximate surface area is 130 Å². The summed E-state index contributed by atoms with van der Waals surface area (Å²) in [5, 5.41) is 5.97. The zero-order valence-corrected chi connectivity index (χ0v) is 13.2. The van der Waals surface area contributed by atoms with Crippen LogP contribution in [0, 0.1) is 0 Å². The van der Waals surface area contributed by atoms with Crippen molar-refractivity contribution in [3.8, 4) is 0 Å². The summed E-state index contributed by atoms with van der Waals surface area (Å²) in [7, 11) is 0. The number of carbonyl (C=O) groups is 2. The molecule has 2 amide bonds. The number of rotatable bonds is 7. The number of anilines is 1. The van der Waals surface area contributed by atoms with Gasteiger partial charge in [-0.25, -0.2) is 0 Å². The molecule has 0 aliphatic carbocycles. The van der Waals surface area contributed by atoms with Crippen LogP contribution in [0.5, 0.6) is 0 Å². The largest absolute Gasteiger partial charge is 0.352 e. The molecule has 0 saturated carbocycles. The Morgan fingerprint density at radius 1 is 1.38 bits per heavy atom. The highest BCUT2D eigenvalue weighted by atomic mass is 35.5. The van der Waals surface area contributed by atoms with Crippen LogP contribution in [0.2, 0.25) is 5.02 Å². The van der Waals surface area contributed by atoms with Gasteiger partial charge in [-0.15, -0.1) is 0 Å². The van der Waals surface area contributed by atoms with Crippen molar-refractivity contribution >= 4 is 29.1 Å². The van der Waals surface area contributed by atoms with E-state index in [4.69, 9.17) is 17.3 Å². The fourth-order valence-corrected chi connectivity index (χ4v) is 1.90. The van der Waals surface area contributed by atoms with Gasteiger partial charge in [0.1, 0.15) is 0 Å². The summed E-state index contributed by atoms with van der Waals surface area (Å²) in [6.45, 7) is 4.40. The minimum absolute atomic E-state index is 0.0394. The van der Waals surface area contributed by atoms with Crippen LogP contribution in [0.3, 0.4) is 0 Å². The van der Waals surface area contributed by atoms with Crippen molar-refractivity contribution in [2.75, 3.05) is 11.9 Å². The normalized spacial score (nSPS) is 11.8. The lowest BCUT2D eigenvalue weighted by atomic mass is 10.1. The summed E-state index contributed by atoms with van der Waals surface area (Å²) in [5.74, 6) is -0.407. The van der Waals surface area contributed by atoms with Crippen molar-refractivity contribution < 1.29 is 9.59 Å². The molecule has 6 heteroatoms. The maximum atomic E-state index is 12.1. The van der Waals surface area contributed by atoms with Crippen LogP contribution in [0.15, 0.2) is 18.2 Å². The van der Waals surface area contributed by atoms with Crippen LogP contribution in [-0.2, 0) is 4.79 Å². The van der Waals surface area contributed by atoms with Crippen LogP contribution in [0.25, 0.3) is 0 Å². The number of benzene rings is 1. The molecule has 0 spiro atoms. The van der Waals surface area contributed by atoms with Crippen molar-refractivity contribution in [2.24, 2.45) is 5.73 Å². The van der Waals surface area contributed by atoms with Gasteiger partial charge in [-0.2, -0.15) is 0 Å². The van der Waals surface area contributed by atoms with Gasteiger partial charge in [-0.1, -0.05) is 18.5 Å². The summed E-state index contributed by atoms with van der Waals surface area (Å²) in [6.07, 6.45) is 1.74. The summed E-state index contributed by atoms with van der Waals surface area (Å²) in [4.78, 5) is 23.9. The van der Waals surface area contributed by atoms with E-state index in [1.54, 1.807) is 18.2 Å². The molecule has 116 valence electrons. The molecule has 0 radical (unpaired) electrons. The Morgan fingerprint density at radius 3 is 2.71 bits per heavy atom. The highest BCUT2D eigenvalue weighted by molar-refractivity contribution is 6.31. The van der Waals surface area contributed by atoms with Gasteiger partial charge in [0, 0.05) is 24.0 Å². The van der Waals surface area contributed by atoms with Gasteiger partial charge in [0.15, 0.2) is 0 Å². The average Bonchev–Trinajstić information content (AvgIpc) is 2.42. The van der Waals surface area contributed by atoms with Crippen molar-refractivity contribution in [3.05, 3.63) is 28.8 Å². The summed E-state index contributed by atoms with van der Waals surface area (Å²) in [5.41, 5.74) is 6.45. The quantitative estimate of drug-likeness (QED) is 0.723. The second kappa shape index (κ2) is 8.64. The van der Waals surface area contributed by atoms with E-state index in [2.05, 4.69) is 10.6 Å². The number of hydrogen-bond acceptors (Lipinski definition) is 3. The molecule has 0 aliphatic rings. The average molecular weight is 312 g/mol. The van der Waals surface area contributed by atoms with E-state index in [1.165, 1.54) is 0 Å². The van der Waals surface area contributed by atoms with E-state index in [9.17, 15) is 9.59 Å². The molecule has 4 N–H and O–H groups in total. The highest BCUT2D eigenvalue weighted by Gasteiger charge is 2.14. The number of halogens is 1. The molecule has 0 saturated heterocycles. The molecule has 1 aromatic carbocycles. The predicted octanol–water partition coefficient (Wildman–Crippen LogP) is 2.55. The standard InChI is InChI=1S/C15H22ClN3O2/c1-3-8-18-15(21)12-6-5-11(16)9-13(12)19-14(20)7-4-10(2)17/h5-6,9-10H,3-4,7-8,17H2,1-2H3,(H,18,21)(H,19,20). The van der Waals surface area contributed by atoms with Crippen LogP contribution in [0.4, 0.5) is 5.69 Å². The van der Waals surface area contributed by atoms with Gasteiger partial charge < -0.3 is 16.4 Å². The van der Waals surface area contributed by atoms with E-state index in [-0.39, 0.29) is 17.9 Å². The van der Waals surface area contributed by atoms with Crippen LogP contribution in [-0.4, -0.2) is 24.4 Å². The van der Waals surface area contributed by atoms with Gasteiger partial charge in [-0.05, 0) is 38.0 Å². The number of amides is 2. The Kier molecular flexibility index (Phi) is 7.19. The first-order valence-electron chi connectivity index (χ1n) is 7.07. The zero-order valence-electron chi connectivity index (χ0n) is 12.4. The highest BCUT2D eigenvalue weighted by Crippen LogP contribution is 2.21. The van der Waals surface area contributed by atoms with Gasteiger partial charge in [0.2, 0.25) is 5.91 Å². The number of nitrogens with one attached hydrogen (secondary N) is 2. The Bertz CT molecular complexity index is 504. The first-order valence-corrected chi connectivity index (χ1v) is 7.45. The second-order valence-electron chi connectivity index (χ2n) is 5.01. The minimum Gasteiger partial charge on any atom is -0.352 e. The van der Waals surface area contributed by atoms with Gasteiger partial charge in [0.05, 0.1) is 11.3 Å². The van der Waals surface area contributed by atoms with Gasteiger partial charge in [-0.3, -0.25) is 9.59 Å². The Morgan fingerprint density at radius 2 is 2.10 bits per heavy atom. The third-order valence-electron chi connectivity index (χ3n) is 2.86. The smallest absolute Gasteiger partial charge is 0.253 e. The van der Waals surface area contributed by atoms with Crippen LogP contribution < -0.4 is 16.4 Å². The number of nitrogens with two attached hydrogens (primary N) is 1. The molecule has 0 bridgehead atoms. The minimum atomic E-state index is -0.226. The molecule has 1 unspecified atom stereocenters. The summed E-state index contributed by atoms with van der Waals surface area (Å²) < 4.78 is 0. The lowest BCUT2D eigenvalue weighted by Crippen LogP contribution is -2.26. The third kappa shape index (κ3) is 6.14. The van der Waals surface area contributed by atoms with E-state index < -0.39 is 0 Å². The predicted molar refractivity (Wildman–Crippen MR) is 85.6 cm³/mol. The molecular formula is C15H22ClN3O2. The van der Waals surface area contributed by atoms with Crippen molar-refractivity contribution in [2.45, 2.75) is 39.2 Å². The van der Waals surface area contributed by atoms with Crippen LogP contribution >= 0.6 is 11.6 Å². The van der Waals surface area contributed by atoms with E-state index in [0.29, 0.717) is 35.7 Å². The fourth-order valence-electron chi connectivity index (χ4n) is 1.72. The topological polar surface area (TPSA) is 84.2 Å². The fraction of sp³-hybridized carbons (Fsp3) is 0.467. The molecular weight excluding hydrogens is 290 g/mol. The SMILES string of the molecule is CCCNC(=O)c1ccc(Cl)cc1NC(=O)CCC(C)N. The Balaban J connectivity index is 2.81. The van der Waals surface area contributed by atoms with Crippen LogP contribution in [0.1, 0.15) is 43.5 Å². The van der Waals surface area contributed by atoms with Gasteiger partial charge >= 0.3 is 0 Å². The summed E-state index contributed by atoms with van der Waals surface area (Å²) in [6, 6.07) is 4.77. The molecule has 5 nitrogen and oxygen atoms in total. The van der Waals surface area contributed by atoms with Crippen molar-refractivity contribution in [1.29, 1.82) is 0 Å². The Hall–Kier alpha value is -1.59. The number of carbonyl (C=O) groups excluding carboxylic acids is 2. The molecule has 0 aliphatic heterocycles. The molecule has 1 rings (SSSR count). The molecule has 0 fully saturated rings. The van der Waals surface area contributed by atoms with Crippen molar-refractivity contribution in [1.82, 2.24) is 5.32 Å². The zero-order chi connectivity index (χ0) is 15.8. The van der Waals surface area contributed by atoms with E-state index in [1.807, 2.05) is 13.8 Å². The van der Waals surface area contributed by atoms with Gasteiger partial charge in [0.25, 0.3) is 5.91 Å². The molecule has 1 aromatic rings. The molecule has 21 heavy (non-hydrogen) atoms. The maximum Gasteiger partial charge on any atom is 0.253 e. The number of hydrogen-bond donors (Lipinski definition) is 3. The first kappa shape index (κ1) is 17.5. The van der Waals surface area contributed by atoms with E-state index >= 15 is 0 Å². The lowest BCUT2D eigenvalue weighted by Gasteiger charge is -2.12. The monoisotopic (exact) mass is 311 g/mol. The second-order valence-corrected chi connectivity index (χ2v) is 5.45. The molecule has 0 heterocycles. The molecule has 0 aromatic heterocycles. The van der Waals surface area contributed by atoms with E-state index in [0.717, 1.165) is 6.42 Å². The lowest BCUT2D eigenvalue weighted by molar-refractivity contribution is -0.116. The van der Waals surface area contributed by atoms with Crippen molar-refractivity contribution in [3.63, 3.8) is 0 Å². The third-order valence-corrected chi connectivity index (χ3v) is 3.10. The first-order chi connectivity index (χ1) is 9.93. The molecule has 1 atom stereocenters. The summed E-state index contributed by atoms with van der Waals surface area (Å²) >= 11 is 5.93.